The monoisotopic (exact) mass is 285 g/mol. The Morgan fingerprint density at radius 1 is 1.56 bits per heavy atom. The molecule has 2 unspecified atom stereocenters. The molecule has 100 valence electrons. The first-order valence-corrected chi connectivity index (χ1v) is 7.83. The topological polar surface area (TPSA) is 32.3 Å². The van der Waals surface area contributed by atoms with Crippen LogP contribution in [0.4, 0.5) is 0 Å². The Morgan fingerprint density at radius 3 is 3.17 bits per heavy atom. The fourth-order valence-electron chi connectivity index (χ4n) is 2.17. The SMILES string of the molecule is CC(CO)CNC1CCCSc2ccc(Cl)cc21. The lowest BCUT2D eigenvalue weighted by atomic mass is 10.0. The molecular weight excluding hydrogens is 266 g/mol. The van der Waals surface area contributed by atoms with Crippen molar-refractivity contribution in [2.45, 2.75) is 30.7 Å². The first-order valence-electron chi connectivity index (χ1n) is 6.47. The van der Waals surface area contributed by atoms with Gasteiger partial charge in [0, 0.05) is 29.1 Å². The molecule has 0 spiro atoms. The molecule has 2 N–H and O–H groups in total. The van der Waals surface area contributed by atoms with Gasteiger partial charge in [-0.25, -0.2) is 0 Å². The zero-order chi connectivity index (χ0) is 13.0. The van der Waals surface area contributed by atoms with Crippen molar-refractivity contribution < 1.29 is 5.11 Å². The van der Waals surface area contributed by atoms with Gasteiger partial charge in [0.15, 0.2) is 0 Å². The third-order valence-corrected chi connectivity index (χ3v) is 4.68. The summed E-state index contributed by atoms with van der Waals surface area (Å²) in [6.07, 6.45) is 2.35. The van der Waals surface area contributed by atoms with Crippen molar-refractivity contribution in [3.63, 3.8) is 0 Å². The van der Waals surface area contributed by atoms with Crippen LogP contribution in [0.5, 0.6) is 0 Å². The first-order chi connectivity index (χ1) is 8.70. The normalized spacial score (nSPS) is 21.2. The number of nitrogens with one attached hydrogen (secondary N) is 1. The summed E-state index contributed by atoms with van der Waals surface area (Å²) < 4.78 is 0. The molecule has 0 aliphatic carbocycles. The van der Waals surface area contributed by atoms with Crippen LogP contribution in [0.15, 0.2) is 23.1 Å². The van der Waals surface area contributed by atoms with Gasteiger partial charge in [-0.05, 0) is 48.3 Å². The number of fused-ring (bicyclic) bond motifs is 1. The molecule has 0 bridgehead atoms. The van der Waals surface area contributed by atoms with Crippen LogP contribution in [0.1, 0.15) is 31.4 Å². The lowest BCUT2D eigenvalue weighted by molar-refractivity contribution is 0.229. The minimum Gasteiger partial charge on any atom is -0.396 e. The molecule has 18 heavy (non-hydrogen) atoms. The highest BCUT2D eigenvalue weighted by Gasteiger charge is 2.19. The highest BCUT2D eigenvalue weighted by Crippen LogP contribution is 2.36. The Labute approximate surface area is 118 Å². The van der Waals surface area contributed by atoms with Crippen molar-refractivity contribution in [3.05, 3.63) is 28.8 Å². The molecule has 1 aliphatic heterocycles. The van der Waals surface area contributed by atoms with Crippen LogP contribution in [0, 0.1) is 5.92 Å². The van der Waals surface area contributed by atoms with Gasteiger partial charge in [0.05, 0.1) is 0 Å². The zero-order valence-electron chi connectivity index (χ0n) is 10.7. The van der Waals surface area contributed by atoms with E-state index < -0.39 is 0 Å². The number of benzene rings is 1. The zero-order valence-corrected chi connectivity index (χ0v) is 12.2. The number of hydrogen-bond acceptors (Lipinski definition) is 3. The van der Waals surface area contributed by atoms with E-state index in [0.29, 0.717) is 12.0 Å². The molecule has 4 heteroatoms. The van der Waals surface area contributed by atoms with Gasteiger partial charge in [-0.2, -0.15) is 0 Å². The molecule has 0 saturated heterocycles. The summed E-state index contributed by atoms with van der Waals surface area (Å²) in [5, 5.41) is 13.5. The van der Waals surface area contributed by atoms with Gasteiger partial charge in [0.2, 0.25) is 0 Å². The largest absolute Gasteiger partial charge is 0.396 e. The number of thioether (sulfide) groups is 1. The number of rotatable bonds is 4. The molecule has 0 amide bonds. The van der Waals surface area contributed by atoms with Crippen molar-refractivity contribution in [1.29, 1.82) is 0 Å². The average Bonchev–Trinajstić information content (AvgIpc) is 2.58. The molecule has 1 heterocycles. The minimum absolute atomic E-state index is 0.233. The van der Waals surface area contributed by atoms with Gasteiger partial charge in [-0.1, -0.05) is 18.5 Å². The van der Waals surface area contributed by atoms with Crippen molar-refractivity contribution in [3.8, 4) is 0 Å². The van der Waals surface area contributed by atoms with Crippen LogP contribution in [-0.4, -0.2) is 24.0 Å². The molecule has 1 aromatic rings. The van der Waals surface area contributed by atoms with Gasteiger partial charge >= 0.3 is 0 Å². The maximum absolute atomic E-state index is 9.09. The summed E-state index contributed by atoms with van der Waals surface area (Å²) in [6, 6.07) is 6.53. The van der Waals surface area contributed by atoms with E-state index in [1.165, 1.54) is 22.6 Å². The Kier molecular flexibility index (Phi) is 5.37. The summed E-state index contributed by atoms with van der Waals surface area (Å²) in [5.41, 5.74) is 1.31. The van der Waals surface area contributed by atoms with E-state index in [-0.39, 0.29) is 6.61 Å². The molecule has 1 aromatic carbocycles. The van der Waals surface area contributed by atoms with Crippen LogP contribution in [-0.2, 0) is 0 Å². The number of aliphatic hydroxyl groups excluding tert-OH is 1. The fraction of sp³-hybridized carbons (Fsp3) is 0.571. The maximum atomic E-state index is 9.09. The Bertz CT molecular complexity index is 399. The van der Waals surface area contributed by atoms with Crippen LogP contribution in [0.3, 0.4) is 0 Å². The second-order valence-corrected chi connectivity index (χ2v) is 6.49. The van der Waals surface area contributed by atoms with Crippen molar-refractivity contribution in [2.75, 3.05) is 18.9 Å². The molecule has 0 aromatic heterocycles. The summed E-state index contributed by atoms with van der Waals surface area (Å²) in [4.78, 5) is 1.34. The minimum atomic E-state index is 0.233. The van der Waals surface area contributed by atoms with E-state index in [2.05, 4.69) is 24.4 Å². The molecule has 0 saturated carbocycles. The Hall–Kier alpha value is -0.220. The average molecular weight is 286 g/mol. The third kappa shape index (κ3) is 3.64. The predicted molar refractivity (Wildman–Crippen MR) is 78.4 cm³/mol. The van der Waals surface area contributed by atoms with Crippen LogP contribution >= 0.6 is 23.4 Å². The fourth-order valence-corrected chi connectivity index (χ4v) is 3.41. The first kappa shape index (κ1) is 14.2. The van der Waals surface area contributed by atoms with Gasteiger partial charge in [0.25, 0.3) is 0 Å². The Balaban J connectivity index is 2.13. The lowest BCUT2D eigenvalue weighted by Gasteiger charge is -2.21. The Morgan fingerprint density at radius 2 is 2.39 bits per heavy atom. The smallest absolute Gasteiger partial charge is 0.0468 e. The summed E-state index contributed by atoms with van der Waals surface area (Å²) in [5.74, 6) is 1.46. The van der Waals surface area contributed by atoms with E-state index in [1.54, 1.807) is 0 Å². The summed E-state index contributed by atoms with van der Waals surface area (Å²) in [6.45, 7) is 3.13. The molecule has 2 atom stereocenters. The molecule has 1 aliphatic rings. The molecular formula is C14H20ClNOS. The second kappa shape index (κ2) is 6.80. The standard InChI is InChI=1S/C14H20ClNOS/c1-10(9-17)8-16-13-3-2-6-18-14-5-4-11(15)7-12(13)14/h4-5,7,10,13,16-17H,2-3,6,8-9H2,1H3. The quantitative estimate of drug-likeness (QED) is 0.888. The highest BCUT2D eigenvalue weighted by atomic mass is 35.5. The van der Waals surface area contributed by atoms with E-state index in [1.807, 2.05) is 17.8 Å². The van der Waals surface area contributed by atoms with Gasteiger partial charge in [-0.3, -0.25) is 0 Å². The van der Waals surface area contributed by atoms with Crippen molar-refractivity contribution in [1.82, 2.24) is 5.32 Å². The number of halogens is 1. The number of aliphatic hydroxyl groups is 1. The molecule has 0 fully saturated rings. The van der Waals surface area contributed by atoms with Crippen molar-refractivity contribution >= 4 is 23.4 Å². The van der Waals surface area contributed by atoms with Gasteiger partial charge in [0.1, 0.15) is 0 Å². The highest BCUT2D eigenvalue weighted by molar-refractivity contribution is 7.99. The van der Waals surface area contributed by atoms with Gasteiger partial charge < -0.3 is 10.4 Å². The number of hydrogen-bond donors (Lipinski definition) is 2. The maximum Gasteiger partial charge on any atom is 0.0468 e. The van der Waals surface area contributed by atoms with E-state index in [4.69, 9.17) is 16.7 Å². The molecule has 0 radical (unpaired) electrons. The molecule has 2 rings (SSSR count). The third-order valence-electron chi connectivity index (χ3n) is 3.27. The van der Waals surface area contributed by atoms with Crippen LogP contribution < -0.4 is 5.32 Å². The molecule has 2 nitrogen and oxygen atoms in total. The van der Waals surface area contributed by atoms with E-state index >= 15 is 0 Å². The van der Waals surface area contributed by atoms with E-state index in [9.17, 15) is 0 Å². The second-order valence-electron chi connectivity index (χ2n) is 4.92. The predicted octanol–water partition coefficient (Wildman–Crippen LogP) is 3.49. The van der Waals surface area contributed by atoms with E-state index in [0.717, 1.165) is 18.0 Å². The van der Waals surface area contributed by atoms with Gasteiger partial charge in [-0.15, -0.1) is 11.8 Å². The van der Waals surface area contributed by atoms with Crippen LogP contribution in [0.25, 0.3) is 0 Å². The van der Waals surface area contributed by atoms with Crippen molar-refractivity contribution in [2.24, 2.45) is 5.92 Å². The summed E-state index contributed by atoms with van der Waals surface area (Å²) >= 11 is 8.02. The summed E-state index contributed by atoms with van der Waals surface area (Å²) in [7, 11) is 0. The lowest BCUT2D eigenvalue weighted by Crippen LogP contribution is -2.27. The van der Waals surface area contributed by atoms with Crippen LogP contribution in [0.2, 0.25) is 5.02 Å².